The summed E-state index contributed by atoms with van der Waals surface area (Å²) < 4.78 is 29.1. The number of rotatable bonds is 3. The minimum Gasteiger partial charge on any atom is -0.312 e. The molecule has 0 spiro atoms. The summed E-state index contributed by atoms with van der Waals surface area (Å²) in [6, 6.07) is 5.63. The van der Waals surface area contributed by atoms with Gasteiger partial charge >= 0.3 is 0 Å². The summed E-state index contributed by atoms with van der Waals surface area (Å²) in [4.78, 5) is 0. The third-order valence-corrected chi connectivity index (χ3v) is 5.63. The highest BCUT2D eigenvalue weighted by molar-refractivity contribution is 9.10. The third-order valence-electron chi connectivity index (χ3n) is 3.38. The lowest BCUT2D eigenvalue weighted by molar-refractivity contribution is 0.578. The average Bonchev–Trinajstić information content (AvgIpc) is 2.79. The maximum atomic E-state index is 12.5. The highest BCUT2D eigenvalue weighted by Crippen LogP contribution is 2.27. The molecule has 1 aliphatic heterocycles. The number of hydrogen-bond donors (Lipinski definition) is 2. The van der Waals surface area contributed by atoms with Gasteiger partial charge in [0.05, 0.1) is 5.69 Å². The molecule has 2 aromatic rings. The topological polar surface area (TPSA) is 88.9 Å². The Morgan fingerprint density at radius 3 is 2.95 bits per heavy atom. The van der Waals surface area contributed by atoms with Gasteiger partial charge in [0.1, 0.15) is 0 Å². The predicted octanol–water partition coefficient (Wildman–Crippen LogP) is 1.02. The van der Waals surface area contributed by atoms with Crippen molar-refractivity contribution in [2.45, 2.75) is 18.0 Å². The molecule has 112 valence electrons. The molecule has 1 aliphatic rings. The van der Waals surface area contributed by atoms with Gasteiger partial charge < -0.3 is 5.32 Å². The van der Waals surface area contributed by atoms with Crippen LogP contribution in [0.1, 0.15) is 11.1 Å². The van der Waals surface area contributed by atoms with E-state index in [0.717, 1.165) is 30.6 Å². The van der Waals surface area contributed by atoms with Crippen molar-refractivity contribution in [2.24, 2.45) is 7.05 Å². The van der Waals surface area contributed by atoms with Crippen LogP contribution in [0.5, 0.6) is 0 Å². The molecule has 3 rings (SSSR count). The zero-order valence-electron chi connectivity index (χ0n) is 11.3. The maximum absolute atomic E-state index is 12.5. The Kier molecular flexibility index (Phi) is 3.72. The van der Waals surface area contributed by atoms with Gasteiger partial charge in [-0.05, 0) is 46.1 Å². The van der Waals surface area contributed by atoms with E-state index in [9.17, 15) is 8.42 Å². The molecular weight excluding hydrogens is 358 g/mol. The van der Waals surface area contributed by atoms with E-state index in [1.165, 1.54) is 11.7 Å². The van der Waals surface area contributed by atoms with E-state index in [1.807, 2.05) is 12.1 Å². The summed E-state index contributed by atoms with van der Waals surface area (Å²) >= 11 is 3.12. The van der Waals surface area contributed by atoms with Gasteiger partial charge in [-0.2, -0.15) is 8.42 Å². The normalized spacial score (nSPS) is 14.8. The lowest BCUT2D eigenvalue weighted by Gasteiger charge is -2.20. The van der Waals surface area contributed by atoms with Crippen LogP contribution in [0.3, 0.4) is 0 Å². The van der Waals surface area contributed by atoms with Gasteiger partial charge in [-0.3, -0.25) is 4.72 Å². The van der Waals surface area contributed by atoms with E-state index in [4.69, 9.17) is 0 Å². The minimum atomic E-state index is -3.74. The zero-order chi connectivity index (χ0) is 15.0. The molecule has 7 nitrogen and oxygen atoms in total. The standard InChI is InChI=1S/C12H14BrN5O2S/c1-18-12(11(13)15-17-18)21(19,20)16-10-4-2-3-8-7-14-6-5-9(8)10/h2-4,14,16H,5-7H2,1H3. The van der Waals surface area contributed by atoms with E-state index >= 15 is 0 Å². The van der Waals surface area contributed by atoms with Crippen molar-refractivity contribution in [1.82, 2.24) is 20.3 Å². The Labute approximate surface area is 130 Å². The van der Waals surface area contributed by atoms with Crippen molar-refractivity contribution < 1.29 is 8.42 Å². The van der Waals surface area contributed by atoms with Gasteiger partial charge in [-0.25, -0.2) is 4.68 Å². The van der Waals surface area contributed by atoms with Crippen molar-refractivity contribution >= 4 is 31.6 Å². The second-order valence-electron chi connectivity index (χ2n) is 4.78. The van der Waals surface area contributed by atoms with Crippen molar-refractivity contribution in [3.05, 3.63) is 33.9 Å². The van der Waals surface area contributed by atoms with E-state index < -0.39 is 10.0 Å². The molecular formula is C12H14BrN5O2S. The number of anilines is 1. The maximum Gasteiger partial charge on any atom is 0.281 e. The predicted molar refractivity (Wildman–Crippen MR) is 81.4 cm³/mol. The van der Waals surface area contributed by atoms with Gasteiger partial charge in [0.25, 0.3) is 10.0 Å². The molecule has 0 saturated carbocycles. The lowest BCUT2D eigenvalue weighted by atomic mass is 9.99. The Bertz CT molecular complexity index is 767. The van der Waals surface area contributed by atoms with Crippen LogP contribution in [0.4, 0.5) is 5.69 Å². The summed E-state index contributed by atoms with van der Waals surface area (Å²) in [6.45, 7) is 1.59. The van der Waals surface area contributed by atoms with Crippen LogP contribution in [-0.2, 0) is 30.0 Å². The number of sulfonamides is 1. The van der Waals surface area contributed by atoms with Gasteiger partial charge in [0.15, 0.2) is 4.60 Å². The van der Waals surface area contributed by atoms with Crippen LogP contribution < -0.4 is 10.0 Å². The summed E-state index contributed by atoms with van der Waals surface area (Å²) in [5, 5.41) is 10.7. The van der Waals surface area contributed by atoms with Gasteiger partial charge in [0, 0.05) is 13.6 Å². The summed E-state index contributed by atoms with van der Waals surface area (Å²) in [5.41, 5.74) is 2.76. The smallest absolute Gasteiger partial charge is 0.281 e. The molecule has 2 heterocycles. The molecule has 0 fully saturated rings. The molecule has 0 unspecified atom stereocenters. The van der Waals surface area contributed by atoms with Crippen molar-refractivity contribution in [1.29, 1.82) is 0 Å². The number of fused-ring (bicyclic) bond motifs is 1. The van der Waals surface area contributed by atoms with Gasteiger partial charge in [-0.15, -0.1) is 5.10 Å². The number of aromatic nitrogens is 3. The molecule has 1 aromatic heterocycles. The molecule has 0 atom stereocenters. The first-order valence-electron chi connectivity index (χ1n) is 6.38. The molecule has 0 amide bonds. The monoisotopic (exact) mass is 371 g/mol. The van der Waals surface area contributed by atoms with Crippen LogP contribution in [0.15, 0.2) is 27.8 Å². The zero-order valence-corrected chi connectivity index (χ0v) is 13.7. The fourth-order valence-electron chi connectivity index (χ4n) is 2.43. The second-order valence-corrected chi connectivity index (χ2v) is 7.13. The summed E-state index contributed by atoms with van der Waals surface area (Å²) in [7, 11) is -2.21. The molecule has 0 radical (unpaired) electrons. The average molecular weight is 372 g/mol. The van der Waals surface area contributed by atoms with E-state index in [1.54, 1.807) is 6.07 Å². The minimum absolute atomic E-state index is 0.00837. The van der Waals surface area contributed by atoms with Crippen LogP contribution >= 0.6 is 15.9 Å². The number of nitrogens with one attached hydrogen (secondary N) is 2. The number of nitrogens with zero attached hydrogens (tertiary/aromatic N) is 3. The first kappa shape index (κ1) is 14.5. The quantitative estimate of drug-likeness (QED) is 0.840. The SMILES string of the molecule is Cn1nnc(Br)c1S(=O)(=O)Nc1cccc2c1CCNC2. The Morgan fingerprint density at radius 1 is 1.43 bits per heavy atom. The fourth-order valence-corrected chi connectivity index (χ4v) is 4.62. The number of halogens is 1. The molecule has 0 bridgehead atoms. The largest absolute Gasteiger partial charge is 0.312 e. The molecule has 0 aliphatic carbocycles. The van der Waals surface area contributed by atoms with E-state index in [-0.39, 0.29) is 9.63 Å². The Hall–Kier alpha value is -1.45. The van der Waals surface area contributed by atoms with Crippen LogP contribution in [0.2, 0.25) is 0 Å². The number of hydrogen-bond acceptors (Lipinski definition) is 5. The first-order chi connectivity index (χ1) is 9.99. The van der Waals surface area contributed by atoms with Crippen LogP contribution in [0, 0.1) is 0 Å². The fraction of sp³-hybridized carbons (Fsp3) is 0.333. The lowest BCUT2D eigenvalue weighted by Crippen LogP contribution is -2.25. The van der Waals surface area contributed by atoms with Gasteiger partial charge in [-0.1, -0.05) is 17.3 Å². The molecule has 0 saturated heterocycles. The summed E-state index contributed by atoms with van der Waals surface area (Å²) in [6.07, 6.45) is 0.791. The number of aryl methyl sites for hydroxylation is 1. The molecule has 1 aromatic carbocycles. The number of benzene rings is 1. The van der Waals surface area contributed by atoms with Crippen molar-refractivity contribution in [3.8, 4) is 0 Å². The molecule has 2 N–H and O–H groups in total. The summed E-state index contributed by atoms with van der Waals surface area (Å²) in [5.74, 6) is 0. The van der Waals surface area contributed by atoms with E-state index in [2.05, 4.69) is 36.3 Å². The second kappa shape index (κ2) is 5.39. The Morgan fingerprint density at radius 2 is 2.24 bits per heavy atom. The highest BCUT2D eigenvalue weighted by Gasteiger charge is 2.25. The van der Waals surface area contributed by atoms with Crippen LogP contribution in [0.25, 0.3) is 0 Å². The highest BCUT2D eigenvalue weighted by atomic mass is 79.9. The van der Waals surface area contributed by atoms with Gasteiger partial charge in [0.2, 0.25) is 5.03 Å². The third kappa shape index (κ3) is 2.68. The van der Waals surface area contributed by atoms with Crippen molar-refractivity contribution in [2.75, 3.05) is 11.3 Å². The van der Waals surface area contributed by atoms with Crippen molar-refractivity contribution in [3.63, 3.8) is 0 Å². The van der Waals surface area contributed by atoms with E-state index in [0.29, 0.717) is 5.69 Å². The Balaban J connectivity index is 2.01. The molecule has 21 heavy (non-hydrogen) atoms. The first-order valence-corrected chi connectivity index (χ1v) is 8.66. The molecule has 9 heteroatoms. The van der Waals surface area contributed by atoms with Crippen LogP contribution in [-0.4, -0.2) is 30.0 Å².